The molecule has 1 saturated carbocycles. The largest absolute Gasteiger partial charge is 0.478 e. The Morgan fingerprint density at radius 3 is 2.90 bits per heavy atom. The molecule has 0 amide bonds. The Labute approximate surface area is 121 Å². The van der Waals surface area contributed by atoms with E-state index in [2.05, 4.69) is 4.99 Å². The molecule has 0 saturated heterocycles. The molecule has 1 fully saturated rings. The molecule has 0 heterocycles. The summed E-state index contributed by atoms with van der Waals surface area (Å²) in [5, 5.41) is 18.9. The number of carboxylic acids is 1. The Morgan fingerprint density at radius 1 is 1.65 bits per heavy atom. The molecule has 0 unspecified atom stereocenters. The second-order valence-electron chi connectivity index (χ2n) is 5.06. The number of aliphatic hydroxyl groups is 1. The maximum absolute atomic E-state index is 12.0. The van der Waals surface area contributed by atoms with E-state index in [9.17, 15) is 19.8 Å². The molecule has 2 aliphatic rings. The normalized spacial score (nSPS) is 30.5. The van der Waals surface area contributed by atoms with Gasteiger partial charge in [0.15, 0.2) is 0 Å². The Balaban J connectivity index is 2.11. The van der Waals surface area contributed by atoms with Crippen molar-refractivity contribution in [3.8, 4) is 0 Å². The molecule has 4 N–H and O–H groups in total. The van der Waals surface area contributed by atoms with Crippen molar-refractivity contribution in [2.24, 2.45) is 28.5 Å². The molecule has 2 aliphatic carbocycles. The summed E-state index contributed by atoms with van der Waals surface area (Å²) < 4.78 is 0. The van der Waals surface area contributed by atoms with Crippen molar-refractivity contribution in [1.82, 2.24) is 0 Å². The third-order valence-corrected chi connectivity index (χ3v) is 5.03. The quantitative estimate of drug-likeness (QED) is 0.368. The lowest BCUT2D eigenvalue weighted by Crippen LogP contribution is -2.51. The average molecular weight is 298 g/mol. The van der Waals surface area contributed by atoms with Crippen molar-refractivity contribution in [2.75, 3.05) is 12.3 Å². The molecule has 2 rings (SSSR count). The van der Waals surface area contributed by atoms with E-state index in [-0.39, 0.29) is 17.3 Å². The van der Waals surface area contributed by atoms with Gasteiger partial charge in [-0.3, -0.25) is 9.79 Å². The summed E-state index contributed by atoms with van der Waals surface area (Å²) in [4.78, 5) is 28.0. The summed E-state index contributed by atoms with van der Waals surface area (Å²) in [5.41, 5.74) is 5.36. The van der Waals surface area contributed by atoms with E-state index < -0.39 is 23.9 Å². The molecule has 0 bridgehead atoms. The van der Waals surface area contributed by atoms with Gasteiger partial charge in [0.05, 0.1) is 30.5 Å². The van der Waals surface area contributed by atoms with Gasteiger partial charge < -0.3 is 15.9 Å². The minimum Gasteiger partial charge on any atom is -0.478 e. The number of hydrogen-bond acceptors (Lipinski definition) is 5. The van der Waals surface area contributed by atoms with E-state index in [1.54, 1.807) is 6.92 Å². The lowest BCUT2D eigenvalue weighted by Gasteiger charge is -2.41. The van der Waals surface area contributed by atoms with Crippen molar-refractivity contribution in [2.45, 2.75) is 19.4 Å². The highest BCUT2D eigenvalue weighted by Gasteiger charge is 2.58. The number of carbonyl (C=O) groups excluding carboxylic acids is 1. The van der Waals surface area contributed by atoms with E-state index in [1.807, 2.05) is 0 Å². The molecule has 7 heteroatoms. The van der Waals surface area contributed by atoms with E-state index in [0.717, 1.165) is 4.91 Å². The Hall–Kier alpha value is -1.34. The molecule has 0 aliphatic heterocycles. The van der Waals surface area contributed by atoms with Crippen LogP contribution < -0.4 is 5.73 Å². The van der Waals surface area contributed by atoms with Crippen LogP contribution in [0.5, 0.6) is 0 Å². The van der Waals surface area contributed by atoms with Crippen LogP contribution in [0, 0.1) is 17.8 Å². The van der Waals surface area contributed by atoms with Crippen LogP contribution in [-0.4, -0.2) is 46.7 Å². The number of Topliss-reactive ketones (excluding diaryl/α,β-unsaturated/α-hetero) is 1. The van der Waals surface area contributed by atoms with Gasteiger partial charge in [0, 0.05) is 11.7 Å². The first-order valence-corrected chi connectivity index (χ1v) is 7.48. The number of fused-ring (bicyclic) bond motifs is 1. The van der Waals surface area contributed by atoms with Crippen LogP contribution >= 0.6 is 11.8 Å². The van der Waals surface area contributed by atoms with Crippen molar-refractivity contribution >= 4 is 29.9 Å². The summed E-state index contributed by atoms with van der Waals surface area (Å²) in [6.45, 7) is 2.10. The van der Waals surface area contributed by atoms with Gasteiger partial charge in [-0.05, 0) is 24.2 Å². The average Bonchev–Trinajstić information content (AvgIpc) is 2.69. The number of allylic oxidation sites excluding steroid dienone is 1. The van der Waals surface area contributed by atoms with Crippen LogP contribution in [0.15, 0.2) is 15.5 Å². The zero-order chi connectivity index (χ0) is 14.9. The standard InChI is InChI=1S/C13H18N2O4S/c1-6(16)9-7-4-8(20-3-2-15-5-14)11(13(18)19)10(7)12(9)17/h5-7,9-10,16H,2-4H2,1H3,(H2,14,15)(H,18,19)/t6-,7+,9-,10+/m0/s1. The number of hydrogen-bond donors (Lipinski definition) is 3. The van der Waals surface area contributed by atoms with Crippen LogP contribution in [0.2, 0.25) is 0 Å². The van der Waals surface area contributed by atoms with Crippen LogP contribution in [0.1, 0.15) is 13.3 Å². The van der Waals surface area contributed by atoms with Crippen LogP contribution in [0.25, 0.3) is 0 Å². The summed E-state index contributed by atoms with van der Waals surface area (Å²) in [6, 6.07) is 0. The third kappa shape index (κ3) is 2.47. The van der Waals surface area contributed by atoms with Crippen LogP contribution in [0.4, 0.5) is 0 Å². The summed E-state index contributed by atoms with van der Waals surface area (Å²) in [6.07, 6.45) is 1.06. The van der Waals surface area contributed by atoms with Gasteiger partial charge in [0.2, 0.25) is 0 Å². The third-order valence-electron chi connectivity index (χ3n) is 3.91. The molecule has 0 aromatic rings. The number of nitrogens with zero attached hydrogens (tertiary/aromatic N) is 1. The predicted molar refractivity (Wildman–Crippen MR) is 76.4 cm³/mol. The SMILES string of the molecule is C[C@H](O)[C@@H]1C(=O)[C@H]2C(C(=O)O)=C(SCCN=CN)C[C@@H]21. The lowest BCUT2D eigenvalue weighted by atomic mass is 9.61. The minimum atomic E-state index is -1.03. The van der Waals surface area contributed by atoms with Crippen molar-refractivity contribution in [3.63, 3.8) is 0 Å². The van der Waals surface area contributed by atoms with Crippen LogP contribution in [-0.2, 0) is 9.59 Å². The Kier molecular flexibility index (Phi) is 4.49. The number of aliphatic imine (C=N–C) groups is 1. The summed E-state index contributed by atoms with van der Waals surface area (Å²) in [5.74, 6) is -1.55. The van der Waals surface area contributed by atoms with Gasteiger partial charge in [-0.25, -0.2) is 4.79 Å². The number of aliphatic hydroxyl groups excluding tert-OH is 1. The maximum Gasteiger partial charge on any atom is 0.333 e. The summed E-state index contributed by atoms with van der Waals surface area (Å²) in [7, 11) is 0. The molecule has 0 spiro atoms. The molecule has 110 valence electrons. The lowest BCUT2D eigenvalue weighted by molar-refractivity contribution is -0.149. The first-order valence-electron chi connectivity index (χ1n) is 6.50. The topological polar surface area (TPSA) is 113 Å². The molecule has 0 radical (unpaired) electrons. The first-order chi connectivity index (χ1) is 9.49. The summed E-state index contributed by atoms with van der Waals surface area (Å²) >= 11 is 1.42. The zero-order valence-corrected chi connectivity index (χ0v) is 12.0. The number of nitrogens with two attached hydrogens (primary N) is 1. The molecule has 6 nitrogen and oxygen atoms in total. The monoisotopic (exact) mass is 298 g/mol. The van der Waals surface area contributed by atoms with Gasteiger partial charge in [-0.1, -0.05) is 0 Å². The van der Waals surface area contributed by atoms with Gasteiger partial charge >= 0.3 is 5.97 Å². The second kappa shape index (κ2) is 5.97. The Morgan fingerprint density at radius 2 is 2.35 bits per heavy atom. The molecular formula is C13H18N2O4S. The second-order valence-corrected chi connectivity index (χ2v) is 6.25. The molecular weight excluding hydrogens is 280 g/mol. The molecule has 20 heavy (non-hydrogen) atoms. The highest BCUT2D eigenvalue weighted by Crippen LogP contribution is 2.54. The smallest absolute Gasteiger partial charge is 0.333 e. The fourth-order valence-corrected chi connectivity index (χ4v) is 4.22. The highest BCUT2D eigenvalue weighted by atomic mass is 32.2. The van der Waals surface area contributed by atoms with E-state index in [4.69, 9.17) is 5.73 Å². The number of rotatable bonds is 6. The molecule has 0 aromatic carbocycles. The minimum absolute atomic E-state index is 0.0610. The number of carboxylic acid groups (broad SMARTS) is 1. The van der Waals surface area contributed by atoms with Gasteiger partial charge in [-0.15, -0.1) is 11.8 Å². The fraction of sp³-hybridized carbons (Fsp3) is 0.615. The van der Waals surface area contributed by atoms with Crippen molar-refractivity contribution < 1.29 is 19.8 Å². The van der Waals surface area contributed by atoms with E-state index in [1.165, 1.54) is 18.1 Å². The molecule has 0 aromatic heterocycles. The zero-order valence-electron chi connectivity index (χ0n) is 11.2. The number of ketones is 1. The van der Waals surface area contributed by atoms with E-state index >= 15 is 0 Å². The van der Waals surface area contributed by atoms with Crippen molar-refractivity contribution in [1.29, 1.82) is 0 Å². The number of carbonyl (C=O) groups is 2. The molecule has 4 atom stereocenters. The fourth-order valence-electron chi connectivity index (χ4n) is 3.10. The Bertz CT molecular complexity index is 487. The highest BCUT2D eigenvalue weighted by molar-refractivity contribution is 8.03. The first kappa shape index (κ1) is 15.1. The van der Waals surface area contributed by atoms with Crippen LogP contribution in [0.3, 0.4) is 0 Å². The van der Waals surface area contributed by atoms with Gasteiger partial charge in [0.1, 0.15) is 5.78 Å². The maximum atomic E-state index is 12.0. The number of thioether (sulfide) groups is 1. The van der Waals surface area contributed by atoms with Gasteiger partial charge in [-0.2, -0.15) is 0 Å². The van der Waals surface area contributed by atoms with Crippen molar-refractivity contribution in [3.05, 3.63) is 10.5 Å². The predicted octanol–water partition coefficient (Wildman–Crippen LogP) is 0.261. The van der Waals surface area contributed by atoms with Gasteiger partial charge in [0.25, 0.3) is 0 Å². The number of aliphatic carboxylic acids is 1. The van der Waals surface area contributed by atoms with E-state index in [0.29, 0.717) is 18.7 Å².